The van der Waals surface area contributed by atoms with Crippen molar-refractivity contribution in [2.45, 2.75) is 47.6 Å². The maximum absolute atomic E-state index is 13.1. The maximum Gasteiger partial charge on any atom is 0.268 e. The van der Waals surface area contributed by atoms with E-state index in [1.165, 1.54) is 0 Å². The molecule has 2 aromatic rings. The summed E-state index contributed by atoms with van der Waals surface area (Å²) in [4.78, 5) is 15.5. The van der Waals surface area contributed by atoms with Gasteiger partial charge >= 0.3 is 0 Å². The van der Waals surface area contributed by atoms with E-state index in [4.69, 9.17) is 11.6 Å². The van der Waals surface area contributed by atoms with Gasteiger partial charge in [-0.3, -0.25) is 4.79 Å². The minimum absolute atomic E-state index is 0.00162. The fraction of sp³-hybridized carbons (Fsp3) is 0.522. The van der Waals surface area contributed by atoms with E-state index in [2.05, 4.69) is 55.6 Å². The van der Waals surface area contributed by atoms with Crippen molar-refractivity contribution in [3.63, 3.8) is 0 Å². The van der Waals surface area contributed by atoms with Gasteiger partial charge in [-0.25, -0.2) is 0 Å². The second-order valence-corrected chi connectivity index (χ2v) is 8.16. The molecule has 0 spiro atoms. The van der Waals surface area contributed by atoms with Gasteiger partial charge in [0.1, 0.15) is 5.69 Å². The number of carbonyl (C=O) groups is 1. The number of benzene rings is 1. The summed E-state index contributed by atoms with van der Waals surface area (Å²) < 4.78 is 2.10. The van der Waals surface area contributed by atoms with E-state index >= 15 is 0 Å². The average molecular weight is 404 g/mol. The molecule has 1 N–H and O–H groups in total. The largest absolute Gasteiger partial charge is 0.351 e. The Balaban J connectivity index is 2.24. The summed E-state index contributed by atoms with van der Waals surface area (Å²) in [6, 6.07) is 7.73. The van der Waals surface area contributed by atoms with Crippen LogP contribution in [-0.4, -0.2) is 41.6 Å². The first-order chi connectivity index (χ1) is 13.4. The van der Waals surface area contributed by atoms with Crippen LogP contribution in [0.4, 0.5) is 0 Å². The Morgan fingerprint density at radius 1 is 1.18 bits per heavy atom. The fourth-order valence-corrected chi connectivity index (χ4v) is 3.71. The van der Waals surface area contributed by atoms with Crippen molar-refractivity contribution in [1.29, 1.82) is 0 Å². The number of hydrogen-bond donors (Lipinski definition) is 1. The Morgan fingerprint density at radius 2 is 1.82 bits per heavy atom. The van der Waals surface area contributed by atoms with Crippen molar-refractivity contribution >= 4 is 17.5 Å². The maximum atomic E-state index is 13.1. The van der Waals surface area contributed by atoms with Gasteiger partial charge in [-0.1, -0.05) is 51.4 Å². The van der Waals surface area contributed by atoms with Gasteiger partial charge in [0, 0.05) is 29.9 Å². The minimum Gasteiger partial charge on any atom is -0.351 e. The van der Waals surface area contributed by atoms with Crippen LogP contribution in [0.1, 0.15) is 50.2 Å². The van der Waals surface area contributed by atoms with Crippen LogP contribution in [0, 0.1) is 12.8 Å². The van der Waals surface area contributed by atoms with Crippen LogP contribution in [0.15, 0.2) is 30.5 Å². The third kappa shape index (κ3) is 5.86. The molecule has 0 saturated carbocycles. The van der Waals surface area contributed by atoms with Crippen LogP contribution in [0.3, 0.4) is 0 Å². The normalized spacial score (nSPS) is 11.4. The van der Waals surface area contributed by atoms with Crippen molar-refractivity contribution in [3.05, 3.63) is 46.7 Å². The fourth-order valence-electron chi connectivity index (χ4n) is 3.58. The van der Waals surface area contributed by atoms with Crippen molar-refractivity contribution in [3.8, 4) is 11.1 Å². The van der Waals surface area contributed by atoms with Crippen LogP contribution in [0.25, 0.3) is 11.1 Å². The van der Waals surface area contributed by atoms with Crippen LogP contribution in [-0.2, 0) is 6.54 Å². The molecule has 4 nitrogen and oxygen atoms in total. The van der Waals surface area contributed by atoms with Gasteiger partial charge in [0.25, 0.3) is 5.91 Å². The van der Waals surface area contributed by atoms with Gasteiger partial charge < -0.3 is 14.8 Å². The van der Waals surface area contributed by atoms with Crippen LogP contribution >= 0.6 is 11.6 Å². The van der Waals surface area contributed by atoms with Crippen LogP contribution < -0.4 is 5.32 Å². The second kappa shape index (κ2) is 10.7. The topological polar surface area (TPSA) is 37.3 Å². The number of carbonyl (C=O) groups excluding carboxylic acids is 1. The quantitative estimate of drug-likeness (QED) is 0.551. The number of nitrogens with one attached hydrogen (secondary N) is 1. The van der Waals surface area contributed by atoms with E-state index < -0.39 is 0 Å². The first-order valence-corrected chi connectivity index (χ1v) is 10.7. The molecule has 0 aliphatic rings. The molecule has 1 aromatic heterocycles. The highest BCUT2D eigenvalue weighted by Gasteiger charge is 2.21. The molecule has 0 aliphatic carbocycles. The molecule has 0 atom stereocenters. The minimum atomic E-state index is -0.00162. The lowest BCUT2D eigenvalue weighted by Crippen LogP contribution is -2.31. The molecule has 1 aromatic carbocycles. The number of hydrogen-bond acceptors (Lipinski definition) is 2. The summed E-state index contributed by atoms with van der Waals surface area (Å²) in [5, 5.41) is 3.84. The Morgan fingerprint density at radius 3 is 2.39 bits per heavy atom. The van der Waals surface area contributed by atoms with Gasteiger partial charge in [0.15, 0.2) is 0 Å². The molecule has 1 heterocycles. The van der Waals surface area contributed by atoms with Crippen molar-refractivity contribution in [1.82, 2.24) is 14.8 Å². The van der Waals surface area contributed by atoms with E-state index in [9.17, 15) is 4.79 Å². The molecule has 28 heavy (non-hydrogen) atoms. The molecule has 0 unspecified atom stereocenters. The summed E-state index contributed by atoms with van der Waals surface area (Å²) in [5.41, 5.74) is 3.88. The summed E-state index contributed by atoms with van der Waals surface area (Å²) in [6.07, 6.45) is 3.04. The van der Waals surface area contributed by atoms with Gasteiger partial charge in [-0.15, -0.1) is 0 Å². The number of amides is 1. The molecule has 0 bridgehead atoms. The zero-order chi connectivity index (χ0) is 20.7. The standard InChI is InChI=1S/C23H34ClN3O/c1-6-26(7-2)14-8-13-25-23(28)22-21(19-9-11-20(24)12-10-19)18(5)16-27(22)15-17(3)4/h9-12,16-17H,6-8,13-15H2,1-5H3,(H,25,28). The first kappa shape index (κ1) is 22.5. The summed E-state index contributed by atoms with van der Waals surface area (Å²) in [7, 11) is 0. The molecule has 0 radical (unpaired) electrons. The van der Waals surface area contributed by atoms with Crippen molar-refractivity contribution in [2.24, 2.45) is 5.92 Å². The van der Waals surface area contributed by atoms with E-state index in [1.54, 1.807) is 0 Å². The Labute approximate surface area is 174 Å². The van der Waals surface area contributed by atoms with Gasteiger partial charge in [-0.05, 0) is 62.2 Å². The highest BCUT2D eigenvalue weighted by atomic mass is 35.5. The Hall–Kier alpha value is -1.78. The van der Waals surface area contributed by atoms with Crippen LogP contribution in [0.5, 0.6) is 0 Å². The van der Waals surface area contributed by atoms with E-state index in [0.29, 0.717) is 17.5 Å². The molecule has 0 saturated heterocycles. The third-order valence-electron chi connectivity index (χ3n) is 5.01. The highest BCUT2D eigenvalue weighted by Crippen LogP contribution is 2.31. The number of aryl methyl sites for hydroxylation is 1. The average Bonchev–Trinajstić information content (AvgIpc) is 2.97. The number of halogens is 1. The second-order valence-electron chi connectivity index (χ2n) is 7.73. The van der Waals surface area contributed by atoms with E-state index in [1.807, 2.05) is 24.3 Å². The molecular weight excluding hydrogens is 370 g/mol. The predicted molar refractivity (Wildman–Crippen MR) is 119 cm³/mol. The zero-order valence-electron chi connectivity index (χ0n) is 17.9. The summed E-state index contributed by atoms with van der Waals surface area (Å²) >= 11 is 6.06. The van der Waals surface area contributed by atoms with Crippen molar-refractivity contribution in [2.75, 3.05) is 26.2 Å². The predicted octanol–water partition coefficient (Wildman–Crippen LogP) is 5.23. The van der Waals surface area contributed by atoms with Gasteiger partial charge in [-0.2, -0.15) is 0 Å². The third-order valence-corrected chi connectivity index (χ3v) is 5.26. The van der Waals surface area contributed by atoms with Gasteiger partial charge in [0.05, 0.1) is 0 Å². The first-order valence-electron chi connectivity index (χ1n) is 10.3. The van der Waals surface area contributed by atoms with Gasteiger partial charge in [0.2, 0.25) is 0 Å². The number of aromatic nitrogens is 1. The SMILES string of the molecule is CCN(CC)CCCNC(=O)c1c(-c2ccc(Cl)cc2)c(C)cn1CC(C)C. The Bertz CT molecular complexity index is 761. The molecule has 5 heteroatoms. The molecule has 2 rings (SSSR count). The van der Waals surface area contributed by atoms with E-state index in [-0.39, 0.29) is 5.91 Å². The molecule has 0 fully saturated rings. The number of rotatable bonds is 10. The summed E-state index contributed by atoms with van der Waals surface area (Å²) in [6.45, 7) is 15.3. The molecular formula is C23H34ClN3O. The monoisotopic (exact) mass is 403 g/mol. The smallest absolute Gasteiger partial charge is 0.268 e. The zero-order valence-corrected chi connectivity index (χ0v) is 18.6. The lowest BCUT2D eigenvalue weighted by molar-refractivity contribution is 0.0942. The highest BCUT2D eigenvalue weighted by molar-refractivity contribution is 6.30. The Kier molecular flexibility index (Phi) is 8.58. The molecule has 0 aliphatic heterocycles. The van der Waals surface area contributed by atoms with Crippen molar-refractivity contribution < 1.29 is 4.79 Å². The van der Waals surface area contributed by atoms with Crippen LogP contribution in [0.2, 0.25) is 5.02 Å². The van der Waals surface area contributed by atoms with E-state index in [0.717, 1.165) is 55.0 Å². The lowest BCUT2D eigenvalue weighted by atomic mass is 10.0. The molecule has 154 valence electrons. The number of nitrogens with zero attached hydrogens (tertiary/aromatic N) is 2. The summed E-state index contributed by atoms with van der Waals surface area (Å²) in [5.74, 6) is 0.456. The molecule has 1 amide bonds. The lowest BCUT2D eigenvalue weighted by Gasteiger charge is -2.18.